The van der Waals surface area contributed by atoms with Crippen molar-refractivity contribution in [3.63, 3.8) is 0 Å². The fraction of sp³-hybridized carbons (Fsp3) is 0.500. The Labute approximate surface area is 88.1 Å². The minimum atomic E-state index is -0.446. The van der Waals surface area contributed by atoms with Crippen LogP contribution in [0.1, 0.15) is 25.3 Å². The van der Waals surface area contributed by atoms with Crippen molar-refractivity contribution in [2.45, 2.75) is 25.6 Å². The summed E-state index contributed by atoms with van der Waals surface area (Å²) in [6.45, 7) is 2.54. The Hall–Kier alpha value is -0.830. The molecule has 0 saturated heterocycles. The third-order valence-corrected chi connectivity index (χ3v) is 2.11. The average molecular weight is 218 g/mol. The van der Waals surface area contributed by atoms with Crippen LogP contribution < -0.4 is 4.74 Å². The molecule has 0 aromatic carbocycles. The Morgan fingerprint density at radius 1 is 1.57 bits per heavy atom. The van der Waals surface area contributed by atoms with E-state index in [4.69, 9.17) is 16.3 Å². The van der Waals surface area contributed by atoms with Crippen molar-refractivity contribution in [1.82, 2.24) is 4.98 Å². The Kier molecular flexibility index (Phi) is 4.66. The van der Waals surface area contributed by atoms with Gasteiger partial charge >= 0.3 is 0 Å². The fourth-order valence-corrected chi connectivity index (χ4v) is 1.19. The number of halogens is 2. The molecule has 1 aromatic rings. The third-order valence-electron chi connectivity index (χ3n) is 1.82. The Balaban J connectivity index is 2.66. The van der Waals surface area contributed by atoms with Crippen molar-refractivity contribution >= 4 is 11.6 Å². The fourth-order valence-electron chi connectivity index (χ4n) is 0.979. The van der Waals surface area contributed by atoms with E-state index in [9.17, 15) is 4.39 Å². The first-order valence-electron chi connectivity index (χ1n) is 4.61. The lowest BCUT2D eigenvalue weighted by Crippen LogP contribution is -2.02. The number of unbranched alkanes of at least 4 members (excludes halogenated alkanes) is 1. The molecule has 1 aromatic heterocycles. The number of pyridine rings is 1. The summed E-state index contributed by atoms with van der Waals surface area (Å²) < 4.78 is 18.6. The van der Waals surface area contributed by atoms with Crippen LogP contribution in [0, 0.1) is 5.82 Å². The molecule has 0 aliphatic rings. The van der Waals surface area contributed by atoms with Crippen molar-refractivity contribution in [2.24, 2.45) is 0 Å². The zero-order chi connectivity index (χ0) is 10.4. The van der Waals surface area contributed by atoms with Crippen LogP contribution in [0.5, 0.6) is 5.88 Å². The Morgan fingerprint density at radius 3 is 3.00 bits per heavy atom. The molecule has 0 radical (unpaired) electrons. The van der Waals surface area contributed by atoms with Crippen molar-refractivity contribution in [2.75, 3.05) is 6.61 Å². The summed E-state index contributed by atoms with van der Waals surface area (Å²) in [7, 11) is 0. The minimum absolute atomic E-state index is 0.0524. The lowest BCUT2D eigenvalue weighted by atomic mass is 10.3. The van der Waals surface area contributed by atoms with Crippen LogP contribution >= 0.6 is 11.6 Å². The highest BCUT2D eigenvalue weighted by molar-refractivity contribution is 6.17. The highest BCUT2D eigenvalue weighted by Gasteiger charge is 2.09. The maximum Gasteiger partial charge on any atom is 0.250 e. The predicted octanol–water partition coefficient (Wildman–Crippen LogP) is 3.14. The van der Waals surface area contributed by atoms with Crippen LogP contribution in [0.3, 0.4) is 0 Å². The van der Waals surface area contributed by atoms with E-state index in [1.54, 1.807) is 6.07 Å². The van der Waals surface area contributed by atoms with Gasteiger partial charge in [0.05, 0.1) is 12.5 Å². The van der Waals surface area contributed by atoms with E-state index in [0.29, 0.717) is 12.2 Å². The summed E-state index contributed by atoms with van der Waals surface area (Å²) >= 11 is 5.54. The SMILES string of the molecule is CCCCOc1nccc(CCl)c1F. The molecular formula is C10H13ClFNO. The van der Waals surface area contributed by atoms with Crippen molar-refractivity contribution in [1.29, 1.82) is 0 Å². The Morgan fingerprint density at radius 2 is 2.36 bits per heavy atom. The van der Waals surface area contributed by atoms with Crippen molar-refractivity contribution in [3.05, 3.63) is 23.6 Å². The Bertz CT molecular complexity index is 293. The first kappa shape index (κ1) is 11.2. The van der Waals surface area contributed by atoms with E-state index in [1.165, 1.54) is 6.20 Å². The number of alkyl halides is 1. The summed E-state index contributed by atoms with van der Waals surface area (Å²) in [4.78, 5) is 3.80. The van der Waals surface area contributed by atoms with Crippen LogP contribution in [0.4, 0.5) is 4.39 Å². The zero-order valence-electron chi connectivity index (χ0n) is 8.09. The van der Waals surface area contributed by atoms with Gasteiger partial charge in [-0.25, -0.2) is 9.37 Å². The summed E-state index contributed by atoms with van der Waals surface area (Å²) in [6, 6.07) is 1.55. The molecule has 0 aliphatic heterocycles. The molecule has 2 nitrogen and oxygen atoms in total. The molecule has 0 saturated carbocycles. The van der Waals surface area contributed by atoms with Crippen LogP contribution in [0.25, 0.3) is 0 Å². The number of hydrogen-bond acceptors (Lipinski definition) is 2. The van der Waals surface area contributed by atoms with Gasteiger partial charge in [-0.3, -0.25) is 0 Å². The molecule has 0 bridgehead atoms. The normalized spacial score (nSPS) is 10.2. The van der Waals surface area contributed by atoms with Gasteiger partial charge in [0, 0.05) is 11.8 Å². The van der Waals surface area contributed by atoms with Gasteiger partial charge in [0.25, 0.3) is 5.88 Å². The van der Waals surface area contributed by atoms with Gasteiger partial charge in [0.1, 0.15) is 0 Å². The predicted molar refractivity (Wildman–Crippen MR) is 54.2 cm³/mol. The van der Waals surface area contributed by atoms with Gasteiger partial charge in [0.2, 0.25) is 0 Å². The van der Waals surface area contributed by atoms with Gasteiger partial charge in [-0.05, 0) is 12.5 Å². The molecule has 0 aliphatic carbocycles. The molecule has 0 amide bonds. The van der Waals surface area contributed by atoms with Crippen LogP contribution in [-0.4, -0.2) is 11.6 Å². The molecule has 78 valence electrons. The highest BCUT2D eigenvalue weighted by Crippen LogP contribution is 2.18. The smallest absolute Gasteiger partial charge is 0.250 e. The molecule has 0 spiro atoms. The van der Waals surface area contributed by atoms with Crippen molar-refractivity contribution < 1.29 is 9.13 Å². The molecule has 0 fully saturated rings. The van der Waals surface area contributed by atoms with E-state index >= 15 is 0 Å². The minimum Gasteiger partial charge on any atom is -0.476 e. The number of hydrogen-bond donors (Lipinski definition) is 0. The molecule has 0 unspecified atom stereocenters. The van der Waals surface area contributed by atoms with E-state index < -0.39 is 5.82 Å². The number of rotatable bonds is 5. The molecular weight excluding hydrogens is 205 g/mol. The standard InChI is InChI=1S/C10H13ClFNO/c1-2-3-6-14-10-9(12)8(7-11)4-5-13-10/h4-5H,2-3,6-7H2,1H3. The number of nitrogens with zero attached hydrogens (tertiary/aromatic N) is 1. The molecule has 0 atom stereocenters. The lowest BCUT2D eigenvalue weighted by Gasteiger charge is -2.06. The molecule has 0 N–H and O–H groups in total. The lowest BCUT2D eigenvalue weighted by molar-refractivity contribution is 0.281. The average Bonchev–Trinajstić information content (AvgIpc) is 2.21. The van der Waals surface area contributed by atoms with Gasteiger partial charge in [0.15, 0.2) is 5.82 Å². The second kappa shape index (κ2) is 5.81. The second-order valence-electron chi connectivity index (χ2n) is 2.92. The maximum atomic E-state index is 13.4. The van der Waals surface area contributed by atoms with Crippen molar-refractivity contribution in [3.8, 4) is 5.88 Å². The van der Waals surface area contributed by atoms with Gasteiger partial charge in [-0.1, -0.05) is 13.3 Å². The van der Waals surface area contributed by atoms with Gasteiger partial charge in [-0.15, -0.1) is 11.6 Å². The van der Waals surface area contributed by atoms with Gasteiger partial charge in [-0.2, -0.15) is 0 Å². The topological polar surface area (TPSA) is 22.1 Å². The zero-order valence-corrected chi connectivity index (χ0v) is 8.85. The molecule has 14 heavy (non-hydrogen) atoms. The third kappa shape index (κ3) is 2.84. The van der Waals surface area contributed by atoms with E-state index in [1.807, 2.05) is 6.92 Å². The number of aromatic nitrogens is 1. The van der Waals surface area contributed by atoms with Crippen LogP contribution in [0.2, 0.25) is 0 Å². The molecule has 4 heteroatoms. The summed E-state index contributed by atoms with van der Waals surface area (Å²) in [5.41, 5.74) is 0.424. The first-order valence-corrected chi connectivity index (χ1v) is 5.15. The van der Waals surface area contributed by atoms with Crippen LogP contribution in [-0.2, 0) is 5.88 Å². The summed E-state index contributed by atoms with van der Waals surface area (Å²) in [6.07, 6.45) is 3.41. The number of ether oxygens (including phenoxy) is 1. The van der Waals surface area contributed by atoms with E-state index in [0.717, 1.165) is 12.8 Å². The molecule has 1 heterocycles. The quantitative estimate of drug-likeness (QED) is 0.559. The second-order valence-corrected chi connectivity index (χ2v) is 3.19. The summed E-state index contributed by atoms with van der Waals surface area (Å²) in [5, 5.41) is 0. The summed E-state index contributed by atoms with van der Waals surface area (Å²) in [5.74, 6) is -0.256. The largest absolute Gasteiger partial charge is 0.476 e. The van der Waals surface area contributed by atoms with Gasteiger partial charge < -0.3 is 4.74 Å². The maximum absolute atomic E-state index is 13.4. The molecule has 1 rings (SSSR count). The first-order chi connectivity index (χ1) is 6.79. The van der Waals surface area contributed by atoms with E-state index in [2.05, 4.69) is 4.98 Å². The van der Waals surface area contributed by atoms with Crippen LogP contribution in [0.15, 0.2) is 12.3 Å². The van der Waals surface area contributed by atoms with E-state index in [-0.39, 0.29) is 11.8 Å². The monoisotopic (exact) mass is 217 g/mol. The highest BCUT2D eigenvalue weighted by atomic mass is 35.5.